The Morgan fingerprint density at radius 2 is 1.88 bits per heavy atom. The maximum Gasteiger partial charge on any atom is 0.251 e. The van der Waals surface area contributed by atoms with Gasteiger partial charge < -0.3 is 10.2 Å². The van der Waals surface area contributed by atoms with Crippen LogP contribution in [0, 0.1) is 5.92 Å². The number of carbonyl (C=O) groups excluding carboxylic acids is 2. The number of halogens is 1. The van der Waals surface area contributed by atoms with Gasteiger partial charge in [-0.3, -0.25) is 9.59 Å². The highest BCUT2D eigenvalue weighted by molar-refractivity contribution is 7.89. The molecule has 7 nitrogen and oxygen atoms in total. The zero-order valence-electron chi connectivity index (χ0n) is 14.1. The second-order valence-electron chi connectivity index (χ2n) is 6.49. The van der Waals surface area contributed by atoms with E-state index in [0.29, 0.717) is 23.6 Å². The molecule has 25 heavy (non-hydrogen) atoms. The summed E-state index contributed by atoms with van der Waals surface area (Å²) in [5.41, 5.74) is 0.395. The summed E-state index contributed by atoms with van der Waals surface area (Å²) in [4.78, 5) is 26.6. The predicted octanol–water partition coefficient (Wildman–Crippen LogP) is 0.984. The number of amides is 2. The zero-order chi connectivity index (χ0) is 18.8. The van der Waals surface area contributed by atoms with E-state index < -0.39 is 21.3 Å². The van der Waals surface area contributed by atoms with E-state index in [1.54, 1.807) is 24.3 Å². The van der Waals surface area contributed by atoms with Crippen LogP contribution in [0.3, 0.4) is 0 Å². The fourth-order valence-electron chi connectivity index (χ4n) is 2.73. The summed E-state index contributed by atoms with van der Waals surface area (Å²) in [7, 11) is -3.68. The Labute approximate surface area is 152 Å². The molecule has 2 atom stereocenters. The zero-order valence-corrected chi connectivity index (χ0v) is 15.7. The number of hydrogen-bond acceptors (Lipinski definition) is 4. The number of rotatable bonds is 5. The van der Waals surface area contributed by atoms with E-state index in [1.807, 2.05) is 13.8 Å². The number of sulfonamides is 1. The van der Waals surface area contributed by atoms with Crippen molar-refractivity contribution in [2.24, 2.45) is 11.1 Å². The molecule has 2 amide bonds. The van der Waals surface area contributed by atoms with Gasteiger partial charge in [-0.25, -0.2) is 13.6 Å². The fraction of sp³-hybridized carbons (Fsp3) is 0.500. The van der Waals surface area contributed by atoms with Crippen molar-refractivity contribution in [3.05, 3.63) is 34.9 Å². The van der Waals surface area contributed by atoms with Crippen LogP contribution in [0.1, 0.15) is 30.6 Å². The van der Waals surface area contributed by atoms with Crippen molar-refractivity contribution in [3.63, 3.8) is 0 Å². The number of hydrogen-bond donors (Lipinski definition) is 2. The lowest BCUT2D eigenvalue weighted by Crippen LogP contribution is -2.51. The van der Waals surface area contributed by atoms with Crippen LogP contribution in [0.5, 0.6) is 0 Å². The standard InChI is InChI=1S/C16H22ClN3O4S/c1-10(2)14(19-15(21)11-3-5-12(17)6-4-11)16(22)20-8-7-13(9-20)25(18,23)24/h3-6,10,13-14H,7-9H2,1-2H3,(H,19,21)(H2,18,23,24)/t13-,14-/m0/s1. The van der Waals surface area contributed by atoms with E-state index in [2.05, 4.69) is 5.32 Å². The normalized spacial score (nSPS) is 19.1. The molecule has 0 saturated carbocycles. The predicted molar refractivity (Wildman–Crippen MR) is 95.6 cm³/mol. The lowest BCUT2D eigenvalue weighted by atomic mass is 10.0. The highest BCUT2D eigenvalue weighted by Gasteiger charge is 2.37. The van der Waals surface area contributed by atoms with Crippen LogP contribution >= 0.6 is 11.6 Å². The van der Waals surface area contributed by atoms with E-state index in [-0.39, 0.29) is 24.3 Å². The van der Waals surface area contributed by atoms with Crippen LogP contribution in [0.4, 0.5) is 0 Å². The number of carbonyl (C=O) groups is 2. The number of likely N-dealkylation sites (tertiary alicyclic amines) is 1. The van der Waals surface area contributed by atoms with E-state index >= 15 is 0 Å². The van der Waals surface area contributed by atoms with Crippen LogP contribution in [0.15, 0.2) is 24.3 Å². The Bertz CT molecular complexity index is 749. The molecule has 1 fully saturated rings. The molecule has 0 bridgehead atoms. The van der Waals surface area contributed by atoms with Crippen LogP contribution < -0.4 is 10.5 Å². The first-order valence-corrected chi connectivity index (χ1v) is 9.95. The maximum atomic E-state index is 12.7. The minimum absolute atomic E-state index is 0.0533. The van der Waals surface area contributed by atoms with Crippen molar-refractivity contribution in [2.45, 2.75) is 31.6 Å². The number of nitrogens with zero attached hydrogens (tertiary/aromatic N) is 1. The second-order valence-corrected chi connectivity index (χ2v) is 8.77. The fourth-order valence-corrected chi connectivity index (χ4v) is 3.68. The third-order valence-electron chi connectivity index (χ3n) is 4.25. The smallest absolute Gasteiger partial charge is 0.251 e. The lowest BCUT2D eigenvalue weighted by Gasteiger charge is -2.27. The van der Waals surface area contributed by atoms with Crippen molar-refractivity contribution in [1.82, 2.24) is 10.2 Å². The average molecular weight is 388 g/mol. The van der Waals surface area contributed by atoms with Gasteiger partial charge in [0.25, 0.3) is 5.91 Å². The van der Waals surface area contributed by atoms with Gasteiger partial charge in [-0.1, -0.05) is 25.4 Å². The van der Waals surface area contributed by atoms with Crippen molar-refractivity contribution >= 4 is 33.4 Å². The molecule has 1 aliphatic heterocycles. The Hall–Kier alpha value is -1.64. The van der Waals surface area contributed by atoms with Gasteiger partial charge in [0.05, 0.1) is 5.25 Å². The molecule has 3 N–H and O–H groups in total. The maximum absolute atomic E-state index is 12.7. The first-order valence-electron chi connectivity index (χ1n) is 7.96. The van der Waals surface area contributed by atoms with Gasteiger partial charge in [0.15, 0.2) is 0 Å². The molecule has 1 aliphatic rings. The first-order chi connectivity index (χ1) is 11.6. The highest BCUT2D eigenvalue weighted by atomic mass is 35.5. The molecular weight excluding hydrogens is 366 g/mol. The monoisotopic (exact) mass is 387 g/mol. The van der Waals surface area contributed by atoms with Crippen LogP contribution in [-0.4, -0.2) is 49.5 Å². The molecule has 0 unspecified atom stereocenters. The van der Waals surface area contributed by atoms with Gasteiger partial charge in [0, 0.05) is 23.7 Å². The summed E-state index contributed by atoms with van der Waals surface area (Å²) in [5, 5.41) is 7.65. The van der Waals surface area contributed by atoms with E-state index in [4.69, 9.17) is 16.7 Å². The molecule has 1 aromatic rings. The first kappa shape index (κ1) is 19.7. The number of primary sulfonamides is 1. The van der Waals surface area contributed by atoms with E-state index in [1.165, 1.54) is 4.90 Å². The summed E-state index contributed by atoms with van der Waals surface area (Å²) in [5.74, 6) is -0.841. The summed E-state index contributed by atoms with van der Waals surface area (Å²) in [6, 6.07) is 5.60. The minimum atomic E-state index is -3.68. The number of nitrogens with one attached hydrogen (secondary N) is 1. The molecule has 0 aliphatic carbocycles. The Balaban J connectivity index is 2.09. The quantitative estimate of drug-likeness (QED) is 0.784. The molecule has 1 heterocycles. The van der Waals surface area contributed by atoms with Crippen molar-refractivity contribution in [3.8, 4) is 0 Å². The van der Waals surface area contributed by atoms with E-state index in [0.717, 1.165) is 0 Å². The topological polar surface area (TPSA) is 110 Å². The SMILES string of the molecule is CC(C)[C@H](NC(=O)c1ccc(Cl)cc1)C(=O)N1CC[C@H](S(N)(=O)=O)C1. The molecule has 0 spiro atoms. The summed E-state index contributed by atoms with van der Waals surface area (Å²) < 4.78 is 22.9. The third kappa shape index (κ3) is 4.93. The summed E-state index contributed by atoms with van der Waals surface area (Å²) in [6.07, 6.45) is 0.306. The van der Waals surface area contributed by atoms with Crippen LogP contribution in [-0.2, 0) is 14.8 Å². The van der Waals surface area contributed by atoms with Crippen molar-refractivity contribution < 1.29 is 18.0 Å². The van der Waals surface area contributed by atoms with Gasteiger partial charge in [0.1, 0.15) is 6.04 Å². The lowest BCUT2D eigenvalue weighted by molar-refractivity contribution is -0.133. The van der Waals surface area contributed by atoms with Gasteiger partial charge >= 0.3 is 0 Å². The third-order valence-corrected chi connectivity index (χ3v) is 5.81. The van der Waals surface area contributed by atoms with E-state index in [9.17, 15) is 18.0 Å². The molecule has 9 heteroatoms. The Morgan fingerprint density at radius 1 is 1.28 bits per heavy atom. The average Bonchev–Trinajstić information content (AvgIpc) is 3.02. The number of nitrogens with two attached hydrogens (primary N) is 1. The Kier molecular flexibility index (Phi) is 6.08. The molecular formula is C16H22ClN3O4S. The molecule has 1 saturated heterocycles. The summed E-state index contributed by atoms with van der Waals surface area (Å²) >= 11 is 5.81. The Morgan fingerprint density at radius 3 is 2.36 bits per heavy atom. The molecule has 0 aromatic heterocycles. The van der Waals surface area contributed by atoms with Crippen LogP contribution in [0.25, 0.3) is 0 Å². The van der Waals surface area contributed by atoms with Gasteiger partial charge in [0.2, 0.25) is 15.9 Å². The van der Waals surface area contributed by atoms with Gasteiger partial charge in [-0.2, -0.15) is 0 Å². The summed E-state index contributed by atoms with van der Waals surface area (Å²) in [6.45, 7) is 3.99. The van der Waals surface area contributed by atoms with Gasteiger partial charge in [-0.15, -0.1) is 0 Å². The molecule has 0 radical (unpaired) electrons. The molecule has 1 aromatic carbocycles. The largest absolute Gasteiger partial charge is 0.340 e. The minimum Gasteiger partial charge on any atom is -0.340 e. The second kappa shape index (κ2) is 7.72. The highest BCUT2D eigenvalue weighted by Crippen LogP contribution is 2.18. The van der Waals surface area contributed by atoms with Crippen molar-refractivity contribution in [2.75, 3.05) is 13.1 Å². The van der Waals surface area contributed by atoms with Crippen LogP contribution in [0.2, 0.25) is 5.02 Å². The van der Waals surface area contributed by atoms with Gasteiger partial charge in [-0.05, 0) is 36.6 Å². The number of benzene rings is 1. The molecule has 2 rings (SSSR count). The molecule has 138 valence electrons. The van der Waals surface area contributed by atoms with Crippen molar-refractivity contribution in [1.29, 1.82) is 0 Å².